The first-order valence-electron chi connectivity index (χ1n) is 8.05. The molecule has 7 heteroatoms. The minimum absolute atomic E-state index is 0.0523. The molecular formula is C18H19NO4S2. The predicted molar refractivity (Wildman–Crippen MR) is 98.1 cm³/mol. The zero-order valence-corrected chi connectivity index (χ0v) is 15.3. The van der Waals surface area contributed by atoms with Crippen LogP contribution in [0.15, 0.2) is 52.7 Å². The Labute approximate surface area is 151 Å². The summed E-state index contributed by atoms with van der Waals surface area (Å²) in [5.41, 5.74) is 1.01. The number of carbonyl (C=O) groups excluding carboxylic acids is 1. The van der Waals surface area contributed by atoms with E-state index in [4.69, 9.17) is 4.74 Å². The van der Waals surface area contributed by atoms with Crippen molar-refractivity contribution in [1.82, 2.24) is 4.31 Å². The van der Waals surface area contributed by atoms with Crippen LogP contribution in [0.3, 0.4) is 0 Å². The van der Waals surface area contributed by atoms with Crippen molar-refractivity contribution in [1.29, 1.82) is 0 Å². The highest BCUT2D eigenvalue weighted by Crippen LogP contribution is 2.28. The second-order valence-electron chi connectivity index (χ2n) is 5.64. The summed E-state index contributed by atoms with van der Waals surface area (Å²) < 4.78 is 31.9. The molecule has 0 radical (unpaired) electrons. The summed E-state index contributed by atoms with van der Waals surface area (Å²) in [6, 6.07) is 11.1. The van der Waals surface area contributed by atoms with E-state index < -0.39 is 16.0 Å². The molecule has 1 aliphatic rings. The van der Waals surface area contributed by atoms with Crippen molar-refractivity contribution in [2.45, 2.75) is 17.7 Å². The molecule has 1 aliphatic heterocycles. The standard InChI is InChI=1S/C18H19NO4S2/c20-18(23-13-6-9-15-7-2-1-3-8-15)17-16(10-14-24-17)25(21,22)19-11-4-5-12-19/h1-3,6-10,14H,4-5,11-13H2/b9-6+. The maximum absolute atomic E-state index is 12.6. The van der Waals surface area contributed by atoms with Crippen LogP contribution >= 0.6 is 11.3 Å². The fourth-order valence-electron chi connectivity index (χ4n) is 2.65. The van der Waals surface area contributed by atoms with Crippen LogP contribution in [0.4, 0.5) is 0 Å². The molecule has 0 atom stereocenters. The summed E-state index contributed by atoms with van der Waals surface area (Å²) in [5.74, 6) is -0.606. The zero-order valence-electron chi connectivity index (χ0n) is 13.6. The second kappa shape index (κ2) is 7.95. The van der Waals surface area contributed by atoms with Gasteiger partial charge in [-0.15, -0.1) is 11.3 Å². The molecule has 1 aromatic heterocycles. The molecule has 132 valence electrons. The van der Waals surface area contributed by atoms with Crippen LogP contribution in [0.2, 0.25) is 0 Å². The highest BCUT2D eigenvalue weighted by Gasteiger charge is 2.32. The van der Waals surface area contributed by atoms with Gasteiger partial charge in [0, 0.05) is 13.1 Å². The number of nitrogens with zero attached hydrogens (tertiary/aromatic N) is 1. The Morgan fingerprint density at radius 1 is 1.16 bits per heavy atom. The number of benzene rings is 1. The highest BCUT2D eigenvalue weighted by atomic mass is 32.2. The molecule has 1 aromatic carbocycles. The van der Waals surface area contributed by atoms with Gasteiger partial charge in [-0.1, -0.05) is 36.4 Å². The predicted octanol–water partition coefficient (Wildman–Crippen LogP) is 3.40. The lowest BCUT2D eigenvalue weighted by Crippen LogP contribution is -2.28. The van der Waals surface area contributed by atoms with Crippen LogP contribution in [-0.4, -0.2) is 38.4 Å². The van der Waals surface area contributed by atoms with Crippen molar-refractivity contribution < 1.29 is 17.9 Å². The van der Waals surface area contributed by atoms with Gasteiger partial charge in [-0.3, -0.25) is 0 Å². The molecule has 0 N–H and O–H groups in total. The zero-order chi connectivity index (χ0) is 17.7. The first-order valence-corrected chi connectivity index (χ1v) is 10.4. The Kier molecular flexibility index (Phi) is 5.67. The summed E-state index contributed by atoms with van der Waals surface area (Å²) in [4.78, 5) is 12.5. The van der Waals surface area contributed by atoms with E-state index in [1.54, 1.807) is 11.5 Å². The average Bonchev–Trinajstić information content (AvgIpc) is 3.31. The van der Waals surface area contributed by atoms with E-state index in [9.17, 15) is 13.2 Å². The molecule has 0 amide bonds. The minimum Gasteiger partial charge on any atom is -0.457 e. The molecule has 5 nitrogen and oxygen atoms in total. The molecule has 3 rings (SSSR count). The summed E-state index contributed by atoms with van der Waals surface area (Å²) >= 11 is 1.09. The van der Waals surface area contributed by atoms with Crippen molar-refractivity contribution in [2.24, 2.45) is 0 Å². The fraction of sp³-hybridized carbons (Fsp3) is 0.278. The summed E-state index contributed by atoms with van der Waals surface area (Å²) in [6.07, 6.45) is 5.29. The van der Waals surface area contributed by atoms with Gasteiger partial charge in [-0.2, -0.15) is 4.31 Å². The van der Waals surface area contributed by atoms with Gasteiger partial charge in [-0.05, 0) is 35.9 Å². The van der Waals surface area contributed by atoms with Gasteiger partial charge in [0.1, 0.15) is 16.4 Å². The fourth-order valence-corrected chi connectivity index (χ4v) is 5.46. The van der Waals surface area contributed by atoms with Gasteiger partial charge in [0.2, 0.25) is 10.0 Å². The first kappa shape index (κ1) is 17.8. The second-order valence-corrected chi connectivity index (χ2v) is 8.46. The molecular weight excluding hydrogens is 358 g/mol. The highest BCUT2D eigenvalue weighted by molar-refractivity contribution is 7.89. The molecule has 25 heavy (non-hydrogen) atoms. The third-order valence-corrected chi connectivity index (χ3v) is 6.88. The summed E-state index contributed by atoms with van der Waals surface area (Å²) in [5, 5.41) is 1.61. The Morgan fingerprint density at radius 3 is 2.60 bits per heavy atom. The van der Waals surface area contributed by atoms with Gasteiger partial charge >= 0.3 is 5.97 Å². The molecule has 1 fully saturated rings. The Hall–Kier alpha value is -1.96. The van der Waals surface area contributed by atoms with Gasteiger partial charge in [-0.25, -0.2) is 13.2 Å². The number of rotatable bonds is 6. The number of sulfonamides is 1. The molecule has 1 saturated heterocycles. The van der Waals surface area contributed by atoms with E-state index >= 15 is 0 Å². The summed E-state index contributed by atoms with van der Waals surface area (Å²) in [7, 11) is -3.62. The number of carbonyl (C=O) groups is 1. The van der Waals surface area contributed by atoms with Crippen LogP contribution < -0.4 is 0 Å². The molecule has 0 spiro atoms. The normalized spacial score (nSPS) is 15.7. The number of hydrogen-bond donors (Lipinski definition) is 0. The molecule has 0 aliphatic carbocycles. The van der Waals surface area contributed by atoms with E-state index in [1.807, 2.05) is 36.4 Å². The van der Waals surface area contributed by atoms with Crippen LogP contribution in [0.5, 0.6) is 0 Å². The van der Waals surface area contributed by atoms with Crippen molar-refractivity contribution in [2.75, 3.05) is 19.7 Å². The SMILES string of the molecule is O=C(OC/C=C/c1ccccc1)c1sccc1S(=O)(=O)N1CCCC1. The average molecular weight is 377 g/mol. The number of esters is 1. The molecule has 0 unspecified atom stereocenters. The van der Waals surface area contributed by atoms with E-state index in [0.29, 0.717) is 13.1 Å². The lowest BCUT2D eigenvalue weighted by atomic mass is 10.2. The van der Waals surface area contributed by atoms with Crippen LogP contribution in [0, 0.1) is 0 Å². The van der Waals surface area contributed by atoms with Gasteiger partial charge in [0.15, 0.2) is 0 Å². The Morgan fingerprint density at radius 2 is 1.88 bits per heavy atom. The van der Waals surface area contributed by atoms with Gasteiger partial charge < -0.3 is 4.74 Å². The van der Waals surface area contributed by atoms with Crippen molar-refractivity contribution >= 4 is 33.4 Å². The summed E-state index contributed by atoms with van der Waals surface area (Å²) in [6.45, 7) is 1.10. The van der Waals surface area contributed by atoms with E-state index in [0.717, 1.165) is 29.7 Å². The third-order valence-electron chi connectivity index (χ3n) is 3.92. The minimum atomic E-state index is -3.62. The van der Waals surface area contributed by atoms with Crippen LogP contribution in [0.1, 0.15) is 28.1 Å². The van der Waals surface area contributed by atoms with Crippen molar-refractivity contribution in [3.8, 4) is 0 Å². The van der Waals surface area contributed by atoms with Crippen molar-refractivity contribution in [3.63, 3.8) is 0 Å². The van der Waals surface area contributed by atoms with Gasteiger partial charge in [0.05, 0.1) is 0 Å². The van der Waals surface area contributed by atoms with E-state index in [-0.39, 0.29) is 16.4 Å². The first-order chi connectivity index (χ1) is 12.1. The quantitative estimate of drug-likeness (QED) is 0.724. The maximum Gasteiger partial charge on any atom is 0.350 e. The lowest BCUT2D eigenvalue weighted by molar-refractivity contribution is 0.0551. The number of hydrogen-bond acceptors (Lipinski definition) is 5. The van der Waals surface area contributed by atoms with E-state index in [1.165, 1.54) is 10.4 Å². The lowest BCUT2D eigenvalue weighted by Gasteiger charge is -2.15. The van der Waals surface area contributed by atoms with E-state index in [2.05, 4.69) is 0 Å². The molecule has 2 aromatic rings. The largest absolute Gasteiger partial charge is 0.457 e. The topological polar surface area (TPSA) is 63.7 Å². The Balaban J connectivity index is 1.65. The van der Waals surface area contributed by atoms with Crippen molar-refractivity contribution in [3.05, 3.63) is 58.3 Å². The third kappa shape index (κ3) is 4.18. The Bertz CT molecular complexity index is 850. The monoisotopic (exact) mass is 377 g/mol. The van der Waals surface area contributed by atoms with Crippen LogP contribution in [-0.2, 0) is 14.8 Å². The molecule has 0 saturated carbocycles. The number of thiophene rings is 1. The van der Waals surface area contributed by atoms with Gasteiger partial charge in [0.25, 0.3) is 0 Å². The smallest absolute Gasteiger partial charge is 0.350 e. The molecule has 2 heterocycles. The molecule has 0 bridgehead atoms. The number of ether oxygens (including phenoxy) is 1. The maximum atomic E-state index is 12.6. The van der Waals surface area contributed by atoms with Crippen LogP contribution in [0.25, 0.3) is 6.08 Å².